The van der Waals surface area contributed by atoms with E-state index in [1.807, 2.05) is 0 Å². The van der Waals surface area contributed by atoms with E-state index in [4.69, 9.17) is 4.42 Å². The monoisotopic (exact) mass is 327 g/mol. The van der Waals surface area contributed by atoms with E-state index in [9.17, 15) is 23.1 Å². The van der Waals surface area contributed by atoms with Crippen molar-refractivity contribution in [2.75, 3.05) is 6.54 Å². The van der Waals surface area contributed by atoms with Crippen molar-refractivity contribution in [3.05, 3.63) is 59.0 Å². The molecule has 124 valence electrons. The van der Waals surface area contributed by atoms with Crippen molar-refractivity contribution >= 4 is 5.91 Å². The molecule has 2 rings (SSSR count). The molecule has 23 heavy (non-hydrogen) atoms. The van der Waals surface area contributed by atoms with Crippen molar-refractivity contribution in [3.8, 4) is 0 Å². The van der Waals surface area contributed by atoms with Crippen LogP contribution < -0.4 is 5.32 Å². The van der Waals surface area contributed by atoms with Gasteiger partial charge in [-0.2, -0.15) is 13.2 Å². The summed E-state index contributed by atoms with van der Waals surface area (Å²) in [6, 6.07) is 7.13. The first kappa shape index (κ1) is 17.1. The van der Waals surface area contributed by atoms with Crippen LogP contribution in [0.25, 0.3) is 0 Å². The van der Waals surface area contributed by atoms with E-state index in [2.05, 4.69) is 5.32 Å². The summed E-state index contributed by atoms with van der Waals surface area (Å²) in [5.41, 5.74) is -2.17. The van der Waals surface area contributed by atoms with Gasteiger partial charge in [-0.1, -0.05) is 0 Å². The van der Waals surface area contributed by atoms with Crippen LogP contribution in [-0.2, 0) is 11.8 Å². The average molecular weight is 327 g/mol. The lowest BCUT2D eigenvalue weighted by Gasteiger charge is -2.21. The fraction of sp³-hybridized carbons (Fsp3) is 0.312. The van der Waals surface area contributed by atoms with Gasteiger partial charge >= 0.3 is 6.18 Å². The Morgan fingerprint density at radius 3 is 2.26 bits per heavy atom. The van der Waals surface area contributed by atoms with Gasteiger partial charge in [0.1, 0.15) is 17.1 Å². The quantitative estimate of drug-likeness (QED) is 0.906. The molecule has 0 spiro atoms. The molecule has 0 aliphatic heterocycles. The maximum atomic E-state index is 12.5. The van der Waals surface area contributed by atoms with E-state index in [0.717, 1.165) is 24.3 Å². The zero-order valence-electron chi connectivity index (χ0n) is 12.6. The van der Waals surface area contributed by atoms with Crippen LogP contribution in [0, 0.1) is 6.92 Å². The van der Waals surface area contributed by atoms with Crippen molar-refractivity contribution < 1.29 is 27.5 Å². The number of rotatable bonds is 4. The van der Waals surface area contributed by atoms with Crippen molar-refractivity contribution in [2.45, 2.75) is 25.6 Å². The highest BCUT2D eigenvalue weighted by molar-refractivity contribution is 5.94. The van der Waals surface area contributed by atoms with E-state index in [-0.39, 0.29) is 12.1 Å². The minimum atomic E-state index is -4.45. The molecule has 1 heterocycles. The van der Waals surface area contributed by atoms with E-state index in [0.29, 0.717) is 11.5 Å². The topological polar surface area (TPSA) is 62.5 Å². The third-order valence-electron chi connectivity index (χ3n) is 3.34. The van der Waals surface area contributed by atoms with E-state index >= 15 is 0 Å². The molecule has 4 nitrogen and oxygen atoms in total. The molecule has 0 radical (unpaired) electrons. The second kappa shape index (κ2) is 6.08. The highest BCUT2D eigenvalue weighted by atomic mass is 19.4. The SMILES string of the molecule is Cc1ccc(C(C)(O)CNC(=O)c2ccc(C(F)(F)F)cc2)o1. The number of furan rings is 1. The van der Waals surface area contributed by atoms with Gasteiger partial charge in [0.15, 0.2) is 0 Å². The lowest BCUT2D eigenvalue weighted by atomic mass is 10.0. The lowest BCUT2D eigenvalue weighted by Crippen LogP contribution is -2.38. The van der Waals surface area contributed by atoms with Crippen LogP contribution in [0.5, 0.6) is 0 Å². The van der Waals surface area contributed by atoms with Crippen LogP contribution in [0.3, 0.4) is 0 Å². The van der Waals surface area contributed by atoms with Crippen LogP contribution in [0.2, 0.25) is 0 Å². The first-order chi connectivity index (χ1) is 10.6. The minimum Gasteiger partial charge on any atom is -0.463 e. The van der Waals surface area contributed by atoms with Gasteiger partial charge in [0, 0.05) is 5.56 Å². The summed E-state index contributed by atoms with van der Waals surface area (Å²) in [4.78, 5) is 12.0. The molecular formula is C16H16F3NO3. The molecule has 1 amide bonds. The molecule has 1 aromatic heterocycles. The lowest BCUT2D eigenvalue weighted by molar-refractivity contribution is -0.137. The minimum absolute atomic E-state index is 0.0735. The Kier molecular flexibility index (Phi) is 4.51. The first-order valence-corrected chi connectivity index (χ1v) is 6.84. The van der Waals surface area contributed by atoms with Crippen molar-refractivity contribution in [3.63, 3.8) is 0 Å². The van der Waals surface area contributed by atoms with Crippen LogP contribution >= 0.6 is 0 Å². The Morgan fingerprint density at radius 1 is 1.17 bits per heavy atom. The number of alkyl halides is 3. The number of hydrogen-bond donors (Lipinski definition) is 2. The highest BCUT2D eigenvalue weighted by Crippen LogP contribution is 2.29. The van der Waals surface area contributed by atoms with Crippen molar-refractivity contribution in [1.82, 2.24) is 5.32 Å². The Balaban J connectivity index is 2.02. The third-order valence-corrected chi connectivity index (χ3v) is 3.34. The molecule has 0 aliphatic rings. The zero-order valence-corrected chi connectivity index (χ0v) is 12.6. The van der Waals surface area contributed by atoms with Crippen LogP contribution in [0.15, 0.2) is 40.8 Å². The smallest absolute Gasteiger partial charge is 0.416 e. The molecule has 2 N–H and O–H groups in total. The molecule has 1 unspecified atom stereocenters. The second-order valence-corrected chi connectivity index (χ2v) is 5.44. The third kappa shape index (κ3) is 4.13. The van der Waals surface area contributed by atoms with E-state index in [1.165, 1.54) is 6.92 Å². The van der Waals surface area contributed by atoms with Gasteiger partial charge in [0.2, 0.25) is 0 Å². The summed E-state index contributed by atoms with van der Waals surface area (Å²) < 4.78 is 42.7. The van der Waals surface area contributed by atoms with Crippen LogP contribution in [0.4, 0.5) is 13.2 Å². The molecule has 1 aromatic carbocycles. The first-order valence-electron chi connectivity index (χ1n) is 6.84. The summed E-state index contributed by atoms with van der Waals surface area (Å²) >= 11 is 0. The maximum absolute atomic E-state index is 12.5. The van der Waals surface area contributed by atoms with Gasteiger partial charge in [0.25, 0.3) is 5.91 Å². The molecule has 2 aromatic rings. The van der Waals surface area contributed by atoms with E-state index in [1.54, 1.807) is 19.1 Å². The summed E-state index contributed by atoms with van der Waals surface area (Å²) in [5.74, 6) is 0.333. The number of hydrogen-bond acceptors (Lipinski definition) is 3. The van der Waals surface area contributed by atoms with E-state index < -0.39 is 23.2 Å². The van der Waals surface area contributed by atoms with Gasteiger partial charge in [-0.3, -0.25) is 4.79 Å². The van der Waals surface area contributed by atoms with Crippen LogP contribution in [-0.4, -0.2) is 17.6 Å². The normalized spacial score (nSPS) is 14.3. The number of benzene rings is 1. The summed E-state index contributed by atoms with van der Waals surface area (Å²) in [6.45, 7) is 3.05. The summed E-state index contributed by atoms with van der Waals surface area (Å²) in [5, 5.41) is 12.8. The predicted molar refractivity (Wildman–Crippen MR) is 76.8 cm³/mol. The van der Waals surface area contributed by atoms with Gasteiger partial charge in [-0.25, -0.2) is 0 Å². The average Bonchev–Trinajstić information content (AvgIpc) is 2.91. The fourth-order valence-corrected chi connectivity index (χ4v) is 1.98. The highest BCUT2D eigenvalue weighted by Gasteiger charge is 2.31. The standard InChI is InChI=1S/C16H16F3NO3/c1-10-3-8-13(23-10)15(2,22)9-20-14(21)11-4-6-12(7-5-11)16(17,18)19/h3-8,22H,9H2,1-2H3,(H,20,21). The molecule has 1 atom stereocenters. The molecule has 0 bridgehead atoms. The molecule has 0 fully saturated rings. The maximum Gasteiger partial charge on any atom is 0.416 e. The van der Waals surface area contributed by atoms with Crippen molar-refractivity contribution in [1.29, 1.82) is 0 Å². The van der Waals surface area contributed by atoms with Gasteiger partial charge in [0.05, 0.1) is 12.1 Å². The molecule has 0 aliphatic carbocycles. The molecule has 0 saturated carbocycles. The Bertz CT molecular complexity index is 687. The molecular weight excluding hydrogens is 311 g/mol. The second-order valence-electron chi connectivity index (χ2n) is 5.44. The Hall–Kier alpha value is -2.28. The molecule has 7 heteroatoms. The summed E-state index contributed by atoms with van der Waals surface area (Å²) in [6.07, 6.45) is -4.45. The van der Waals surface area contributed by atoms with Gasteiger partial charge in [-0.15, -0.1) is 0 Å². The summed E-state index contributed by atoms with van der Waals surface area (Å²) in [7, 11) is 0. The van der Waals surface area contributed by atoms with Gasteiger partial charge < -0.3 is 14.8 Å². The number of carbonyl (C=O) groups excluding carboxylic acids is 1. The number of aryl methyl sites for hydroxylation is 1. The van der Waals surface area contributed by atoms with Gasteiger partial charge in [-0.05, 0) is 50.2 Å². The Morgan fingerprint density at radius 2 is 1.78 bits per heavy atom. The fourth-order valence-electron chi connectivity index (χ4n) is 1.98. The van der Waals surface area contributed by atoms with Crippen molar-refractivity contribution in [2.24, 2.45) is 0 Å². The zero-order chi connectivity index (χ0) is 17.3. The molecule has 0 saturated heterocycles. The Labute approximate surface area is 130 Å². The number of aliphatic hydroxyl groups is 1. The number of nitrogens with one attached hydrogen (secondary N) is 1. The number of amides is 1. The predicted octanol–water partition coefficient (Wildman–Crippen LogP) is 3.24. The van der Waals surface area contributed by atoms with Crippen LogP contribution in [0.1, 0.15) is 34.4 Å². The largest absolute Gasteiger partial charge is 0.463 e. The number of carbonyl (C=O) groups is 1. The number of halogens is 3.